The van der Waals surface area contributed by atoms with E-state index in [2.05, 4.69) is 0 Å². The minimum Gasteiger partial charge on any atom is -0.366 e. The number of piperazine rings is 1. The fraction of sp³-hybridized carbons (Fsp3) is 0.435. The van der Waals surface area contributed by atoms with Crippen molar-refractivity contribution in [1.82, 2.24) is 4.31 Å². The molecule has 5 nitrogen and oxygen atoms in total. The Morgan fingerprint density at radius 1 is 1.12 bits per heavy atom. The van der Waals surface area contributed by atoms with Gasteiger partial charge in [-0.2, -0.15) is 17.5 Å². The maximum absolute atomic E-state index is 14.5. The number of anilines is 1. The number of fused-ring (bicyclic) bond motifs is 1. The molecule has 2 atom stereocenters. The van der Waals surface area contributed by atoms with Crippen LogP contribution >= 0.6 is 0 Å². The molecule has 0 saturated carbocycles. The van der Waals surface area contributed by atoms with Crippen molar-refractivity contribution < 1.29 is 30.8 Å². The second-order valence-corrected chi connectivity index (χ2v) is 10.3. The maximum atomic E-state index is 14.5. The van der Waals surface area contributed by atoms with Crippen LogP contribution in [0.5, 0.6) is 0 Å². The summed E-state index contributed by atoms with van der Waals surface area (Å²) in [5.74, 6) is -1.30. The van der Waals surface area contributed by atoms with Gasteiger partial charge in [0.2, 0.25) is 10.0 Å². The van der Waals surface area contributed by atoms with E-state index in [1.165, 1.54) is 4.31 Å². The Bertz CT molecular complexity index is 1170. The summed E-state index contributed by atoms with van der Waals surface area (Å²) < 4.78 is 81.3. The van der Waals surface area contributed by atoms with Gasteiger partial charge in [0.15, 0.2) is 0 Å². The molecule has 1 fully saturated rings. The van der Waals surface area contributed by atoms with Crippen molar-refractivity contribution in [2.45, 2.75) is 49.2 Å². The third-order valence-corrected chi connectivity index (χ3v) is 8.48. The van der Waals surface area contributed by atoms with Crippen molar-refractivity contribution in [2.75, 3.05) is 24.5 Å². The molecule has 10 heteroatoms. The minimum absolute atomic E-state index is 0.0184. The highest BCUT2D eigenvalue weighted by Gasteiger charge is 2.37. The summed E-state index contributed by atoms with van der Waals surface area (Å²) in [4.78, 5) is 13.0. The topological polar surface area (TPSA) is 57.7 Å². The fourth-order valence-electron chi connectivity index (χ4n) is 4.70. The zero-order chi connectivity index (χ0) is 24.0. The number of halogens is 4. The lowest BCUT2D eigenvalue weighted by Gasteiger charge is -2.41. The number of sulfonamides is 1. The number of hydrogen-bond acceptors (Lipinski definition) is 4. The first-order valence-electron chi connectivity index (χ1n) is 10.8. The fourth-order valence-corrected chi connectivity index (χ4v) is 6.41. The Morgan fingerprint density at radius 3 is 2.52 bits per heavy atom. The largest absolute Gasteiger partial charge is 0.416 e. The van der Waals surface area contributed by atoms with Gasteiger partial charge in [0.05, 0.1) is 16.1 Å². The van der Waals surface area contributed by atoms with Gasteiger partial charge in [-0.15, -0.1) is 0 Å². The van der Waals surface area contributed by atoms with Crippen LogP contribution in [0.3, 0.4) is 0 Å². The molecule has 2 aliphatic rings. The lowest BCUT2D eigenvalue weighted by atomic mass is 10.0. The van der Waals surface area contributed by atoms with Gasteiger partial charge in [0.25, 0.3) is 0 Å². The number of carbonyl (C=O) groups is 1. The van der Waals surface area contributed by atoms with Crippen molar-refractivity contribution in [2.24, 2.45) is 0 Å². The Kier molecular flexibility index (Phi) is 6.26. The average Bonchev–Trinajstić information content (AvgIpc) is 3.20. The molecule has 0 bridgehead atoms. The molecule has 2 aromatic carbocycles. The number of benzene rings is 2. The molecule has 0 spiro atoms. The first kappa shape index (κ1) is 23.7. The molecule has 0 amide bonds. The molecule has 2 unspecified atom stereocenters. The highest BCUT2D eigenvalue weighted by atomic mass is 32.2. The van der Waals surface area contributed by atoms with Crippen LogP contribution in [0.2, 0.25) is 0 Å². The maximum Gasteiger partial charge on any atom is 0.416 e. The van der Waals surface area contributed by atoms with E-state index in [1.54, 1.807) is 23.1 Å². The standard InChI is InChI=1S/C23H24F4N2O3S/c1-2-18-13-28(22-8-6-17(11-21(22)24)23(25,26)27)9-10-29(18)33(31,32)19-7-5-15-3-4-16(14-30)20(15)12-19/h5-8,11-12,14,16,18H,2-4,9-10,13H2,1H3. The Labute approximate surface area is 190 Å². The van der Waals surface area contributed by atoms with Gasteiger partial charge in [-0.3, -0.25) is 0 Å². The molecule has 33 heavy (non-hydrogen) atoms. The van der Waals surface area contributed by atoms with E-state index in [0.29, 0.717) is 18.9 Å². The molecule has 0 radical (unpaired) electrons. The van der Waals surface area contributed by atoms with E-state index in [1.807, 2.05) is 6.92 Å². The monoisotopic (exact) mass is 484 g/mol. The Hall–Kier alpha value is -2.46. The molecule has 1 saturated heterocycles. The van der Waals surface area contributed by atoms with Gasteiger partial charge >= 0.3 is 6.18 Å². The van der Waals surface area contributed by atoms with E-state index in [0.717, 1.165) is 36.0 Å². The third kappa shape index (κ3) is 4.38. The Balaban J connectivity index is 1.58. The first-order valence-corrected chi connectivity index (χ1v) is 12.2. The van der Waals surface area contributed by atoms with Crippen molar-refractivity contribution in [1.29, 1.82) is 0 Å². The molecule has 1 aliphatic carbocycles. The summed E-state index contributed by atoms with van der Waals surface area (Å²) in [5, 5.41) is 0. The summed E-state index contributed by atoms with van der Waals surface area (Å²) in [7, 11) is -3.87. The smallest absolute Gasteiger partial charge is 0.366 e. The zero-order valence-corrected chi connectivity index (χ0v) is 18.8. The number of carbonyl (C=O) groups excluding carboxylic acids is 1. The quantitative estimate of drug-likeness (QED) is 0.468. The highest BCUT2D eigenvalue weighted by molar-refractivity contribution is 7.89. The Morgan fingerprint density at radius 2 is 1.88 bits per heavy atom. The van der Waals surface area contributed by atoms with E-state index in [-0.39, 0.29) is 36.1 Å². The average molecular weight is 485 g/mol. The van der Waals surface area contributed by atoms with E-state index in [9.17, 15) is 30.8 Å². The van der Waals surface area contributed by atoms with E-state index < -0.39 is 33.6 Å². The van der Waals surface area contributed by atoms with Crippen molar-refractivity contribution >= 4 is 22.0 Å². The van der Waals surface area contributed by atoms with Gasteiger partial charge in [-0.25, -0.2) is 12.8 Å². The molecule has 1 aliphatic heterocycles. The molecule has 1 heterocycles. The van der Waals surface area contributed by atoms with Gasteiger partial charge in [-0.05, 0) is 60.7 Å². The predicted octanol–water partition coefficient (Wildman–Crippen LogP) is 4.36. The predicted molar refractivity (Wildman–Crippen MR) is 115 cm³/mol. The lowest BCUT2D eigenvalue weighted by molar-refractivity contribution is -0.137. The van der Waals surface area contributed by atoms with Crippen molar-refractivity contribution in [3.63, 3.8) is 0 Å². The van der Waals surface area contributed by atoms with Crippen LogP contribution in [0.1, 0.15) is 42.4 Å². The van der Waals surface area contributed by atoms with Crippen LogP contribution in [0.4, 0.5) is 23.2 Å². The molecular weight excluding hydrogens is 460 g/mol. The molecule has 4 rings (SSSR count). The van der Waals surface area contributed by atoms with E-state index in [4.69, 9.17) is 0 Å². The number of hydrogen-bond donors (Lipinski definition) is 0. The second kappa shape index (κ2) is 8.72. The highest BCUT2D eigenvalue weighted by Crippen LogP contribution is 2.36. The second-order valence-electron chi connectivity index (χ2n) is 8.43. The number of rotatable bonds is 5. The first-order chi connectivity index (χ1) is 15.6. The van der Waals surface area contributed by atoms with Crippen LogP contribution in [-0.2, 0) is 27.4 Å². The van der Waals surface area contributed by atoms with Crippen LogP contribution in [0.25, 0.3) is 0 Å². The SMILES string of the molecule is CCC1CN(c2ccc(C(F)(F)F)cc2F)CCN1S(=O)(=O)c1ccc2c(c1)C(C=O)CC2. The summed E-state index contributed by atoms with van der Waals surface area (Å²) in [5.41, 5.74) is 0.664. The lowest BCUT2D eigenvalue weighted by Crippen LogP contribution is -2.55. The van der Waals surface area contributed by atoms with Crippen molar-refractivity contribution in [3.8, 4) is 0 Å². The summed E-state index contributed by atoms with van der Waals surface area (Å²) >= 11 is 0. The molecule has 0 aromatic heterocycles. The van der Waals surface area contributed by atoms with Gasteiger partial charge in [-0.1, -0.05) is 13.0 Å². The number of aldehydes is 1. The third-order valence-electron chi connectivity index (χ3n) is 6.53. The summed E-state index contributed by atoms with van der Waals surface area (Å²) in [6, 6.07) is 6.78. The molecule has 0 N–H and O–H groups in total. The van der Waals surface area contributed by atoms with Crippen LogP contribution in [0.15, 0.2) is 41.3 Å². The van der Waals surface area contributed by atoms with Crippen molar-refractivity contribution in [3.05, 3.63) is 58.9 Å². The van der Waals surface area contributed by atoms with E-state index >= 15 is 0 Å². The van der Waals surface area contributed by atoms with Crippen LogP contribution in [-0.4, -0.2) is 44.7 Å². The van der Waals surface area contributed by atoms with Gasteiger partial charge in [0, 0.05) is 31.6 Å². The minimum atomic E-state index is -4.64. The zero-order valence-electron chi connectivity index (χ0n) is 18.0. The summed E-state index contributed by atoms with van der Waals surface area (Å²) in [6.07, 6.45) is -1.96. The molecule has 2 aromatic rings. The molecular formula is C23H24F4N2O3S. The van der Waals surface area contributed by atoms with Crippen LogP contribution < -0.4 is 4.90 Å². The number of alkyl halides is 3. The van der Waals surface area contributed by atoms with Gasteiger partial charge in [0.1, 0.15) is 12.1 Å². The molecule has 178 valence electrons. The van der Waals surface area contributed by atoms with Gasteiger partial charge < -0.3 is 9.69 Å². The number of nitrogens with zero attached hydrogens (tertiary/aromatic N) is 2. The van der Waals surface area contributed by atoms with Crippen LogP contribution in [0, 0.1) is 5.82 Å². The summed E-state index contributed by atoms with van der Waals surface area (Å²) in [6.45, 7) is 2.17. The number of aryl methyl sites for hydroxylation is 1. The normalized spacial score (nSPS) is 21.8.